The maximum Gasteiger partial charge on any atom is 0.387 e. The predicted octanol–water partition coefficient (Wildman–Crippen LogP) is 2.40. The van der Waals surface area contributed by atoms with Crippen LogP contribution >= 0.6 is 11.6 Å². The van der Waals surface area contributed by atoms with E-state index in [9.17, 15) is 8.78 Å². The summed E-state index contributed by atoms with van der Waals surface area (Å²) in [5.74, 6) is 0.0324. The maximum atomic E-state index is 11.9. The van der Waals surface area contributed by atoms with Gasteiger partial charge in [-0.15, -0.1) is 0 Å². The molecule has 0 unspecified atom stereocenters. The van der Waals surface area contributed by atoms with Gasteiger partial charge in [0.1, 0.15) is 5.75 Å². The Morgan fingerprint density at radius 3 is 2.69 bits per heavy atom. The summed E-state index contributed by atoms with van der Waals surface area (Å²) >= 11 is 5.59. The second-order valence-corrected chi connectivity index (χ2v) is 2.77. The second-order valence-electron chi connectivity index (χ2n) is 2.33. The van der Waals surface area contributed by atoms with E-state index in [4.69, 9.17) is 17.3 Å². The molecule has 0 amide bonds. The Morgan fingerprint density at radius 2 is 2.15 bits per heavy atom. The molecular weight excluding hydrogens is 200 g/mol. The SMILES string of the molecule is NCc1ccc(Cl)cc1OC(F)F. The first-order chi connectivity index (χ1) is 6.13. The Hall–Kier alpha value is -0.870. The molecule has 0 aromatic heterocycles. The number of ether oxygens (including phenoxy) is 1. The number of nitrogens with two attached hydrogens (primary N) is 1. The number of benzene rings is 1. The number of hydrogen-bond donors (Lipinski definition) is 1. The van der Waals surface area contributed by atoms with E-state index in [0.717, 1.165) is 0 Å². The van der Waals surface area contributed by atoms with Gasteiger partial charge in [0, 0.05) is 17.1 Å². The fourth-order valence-electron chi connectivity index (χ4n) is 0.903. The van der Waals surface area contributed by atoms with Crippen molar-refractivity contribution in [2.24, 2.45) is 5.73 Å². The Labute approximate surface area is 79.2 Å². The van der Waals surface area contributed by atoms with Crippen LogP contribution in [0.25, 0.3) is 0 Å². The van der Waals surface area contributed by atoms with Gasteiger partial charge in [0.15, 0.2) is 0 Å². The van der Waals surface area contributed by atoms with Gasteiger partial charge < -0.3 is 10.5 Å². The van der Waals surface area contributed by atoms with Crippen molar-refractivity contribution < 1.29 is 13.5 Å². The van der Waals surface area contributed by atoms with Crippen LogP contribution in [0.2, 0.25) is 5.02 Å². The van der Waals surface area contributed by atoms with Gasteiger partial charge in [-0.3, -0.25) is 0 Å². The van der Waals surface area contributed by atoms with E-state index in [2.05, 4.69) is 4.74 Å². The van der Waals surface area contributed by atoms with Gasteiger partial charge in [0.05, 0.1) is 0 Å². The molecule has 0 heterocycles. The lowest BCUT2D eigenvalue weighted by molar-refractivity contribution is -0.0504. The van der Waals surface area contributed by atoms with E-state index in [-0.39, 0.29) is 12.3 Å². The molecule has 1 aromatic carbocycles. The highest BCUT2D eigenvalue weighted by Gasteiger charge is 2.08. The minimum absolute atomic E-state index is 0.0324. The maximum absolute atomic E-state index is 11.9. The van der Waals surface area contributed by atoms with Crippen LogP contribution in [0.15, 0.2) is 18.2 Å². The minimum Gasteiger partial charge on any atom is -0.434 e. The highest BCUT2D eigenvalue weighted by atomic mass is 35.5. The van der Waals surface area contributed by atoms with Crippen molar-refractivity contribution in [2.75, 3.05) is 0 Å². The van der Waals surface area contributed by atoms with Gasteiger partial charge in [-0.2, -0.15) is 8.78 Å². The van der Waals surface area contributed by atoms with Crippen LogP contribution in [-0.2, 0) is 6.54 Å². The smallest absolute Gasteiger partial charge is 0.387 e. The van der Waals surface area contributed by atoms with Crippen LogP contribution in [0.1, 0.15) is 5.56 Å². The van der Waals surface area contributed by atoms with E-state index in [1.54, 1.807) is 12.1 Å². The molecule has 5 heteroatoms. The van der Waals surface area contributed by atoms with Crippen LogP contribution in [0, 0.1) is 0 Å². The fraction of sp³-hybridized carbons (Fsp3) is 0.250. The number of halogens is 3. The summed E-state index contributed by atoms with van der Waals surface area (Å²) in [6.07, 6.45) is 0. The van der Waals surface area contributed by atoms with Crippen LogP contribution in [0.5, 0.6) is 5.75 Å². The minimum atomic E-state index is -2.86. The molecule has 13 heavy (non-hydrogen) atoms. The van der Waals surface area contributed by atoms with Crippen LogP contribution in [-0.4, -0.2) is 6.61 Å². The van der Waals surface area contributed by atoms with Crippen molar-refractivity contribution in [3.05, 3.63) is 28.8 Å². The van der Waals surface area contributed by atoms with Crippen molar-refractivity contribution in [3.8, 4) is 5.75 Å². The molecule has 0 aliphatic rings. The summed E-state index contributed by atoms with van der Waals surface area (Å²) < 4.78 is 27.9. The molecule has 0 fully saturated rings. The average molecular weight is 208 g/mol. The molecule has 0 spiro atoms. The van der Waals surface area contributed by atoms with Gasteiger partial charge in [0.2, 0.25) is 0 Å². The first kappa shape index (κ1) is 10.2. The van der Waals surface area contributed by atoms with Crippen LogP contribution in [0.3, 0.4) is 0 Å². The predicted molar refractivity (Wildman–Crippen MR) is 46.0 cm³/mol. The van der Waals surface area contributed by atoms with Crippen molar-refractivity contribution >= 4 is 11.6 Å². The third-order valence-electron chi connectivity index (χ3n) is 1.47. The summed E-state index contributed by atoms with van der Waals surface area (Å²) in [5, 5.41) is 0.341. The molecule has 2 nitrogen and oxygen atoms in total. The molecule has 0 atom stereocenters. The average Bonchev–Trinajstić information content (AvgIpc) is 2.03. The molecule has 72 valence electrons. The third kappa shape index (κ3) is 2.82. The monoisotopic (exact) mass is 207 g/mol. The lowest BCUT2D eigenvalue weighted by Gasteiger charge is -2.08. The van der Waals surface area contributed by atoms with Gasteiger partial charge in [0.25, 0.3) is 0 Å². The van der Waals surface area contributed by atoms with Crippen molar-refractivity contribution in [3.63, 3.8) is 0 Å². The standard InChI is InChI=1S/C8H8ClF2NO/c9-6-2-1-5(4-12)7(3-6)13-8(10)11/h1-3,8H,4,12H2. The Morgan fingerprint density at radius 1 is 1.46 bits per heavy atom. The largest absolute Gasteiger partial charge is 0.434 e. The van der Waals surface area contributed by atoms with E-state index in [1.807, 2.05) is 0 Å². The molecule has 0 bridgehead atoms. The quantitative estimate of drug-likeness (QED) is 0.826. The van der Waals surface area contributed by atoms with Crippen LogP contribution in [0.4, 0.5) is 8.78 Å². The first-order valence-electron chi connectivity index (χ1n) is 3.57. The number of rotatable bonds is 3. The molecule has 1 rings (SSSR count). The molecule has 0 saturated heterocycles. The van der Waals surface area contributed by atoms with Crippen molar-refractivity contribution in [1.82, 2.24) is 0 Å². The lowest BCUT2D eigenvalue weighted by Crippen LogP contribution is -2.06. The number of hydrogen-bond acceptors (Lipinski definition) is 2. The third-order valence-corrected chi connectivity index (χ3v) is 1.70. The first-order valence-corrected chi connectivity index (χ1v) is 3.94. The second kappa shape index (κ2) is 4.39. The highest BCUT2D eigenvalue weighted by Crippen LogP contribution is 2.24. The van der Waals surface area contributed by atoms with E-state index in [1.165, 1.54) is 6.07 Å². The summed E-state index contributed by atoms with van der Waals surface area (Å²) in [7, 11) is 0. The lowest BCUT2D eigenvalue weighted by atomic mass is 10.2. The van der Waals surface area contributed by atoms with E-state index in [0.29, 0.717) is 10.6 Å². The topological polar surface area (TPSA) is 35.2 Å². The molecule has 0 aliphatic carbocycles. The van der Waals surface area contributed by atoms with Gasteiger partial charge in [-0.25, -0.2) is 0 Å². The number of alkyl halides is 2. The fourth-order valence-corrected chi connectivity index (χ4v) is 1.06. The van der Waals surface area contributed by atoms with Gasteiger partial charge in [-0.1, -0.05) is 17.7 Å². The summed E-state index contributed by atoms with van der Waals surface area (Å²) in [6.45, 7) is -2.72. The molecule has 0 radical (unpaired) electrons. The van der Waals surface area contributed by atoms with Gasteiger partial charge in [-0.05, 0) is 12.1 Å². The Bertz CT molecular complexity index is 293. The van der Waals surface area contributed by atoms with Crippen molar-refractivity contribution in [2.45, 2.75) is 13.2 Å². The zero-order valence-corrected chi connectivity index (χ0v) is 7.39. The molecular formula is C8H8ClF2NO. The van der Waals surface area contributed by atoms with Gasteiger partial charge >= 0.3 is 6.61 Å². The molecule has 1 aromatic rings. The molecule has 0 saturated carbocycles. The summed E-state index contributed by atoms with van der Waals surface area (Å²) in [5.41, 5.74) is 5.81. The van der Waals surface area contributed by atoms with E-state index >= 15 is 0 Å². The summed E-state index contributed by atoms with van der Waals surface area (Å²) in [4.78, 5) is 0. The van der Waals surface area contributed by atoms with Crippen LogP contribution < -0.4 is 10.5 Å². The van der Waals surface area contributed by atoms with E-state index < -0.39 is 6.61 Å². The molecule has 0 aliphatic heterocycles. The Kier molecular flexibility index (Phi) is 3.45. The Balaban J connectivity index is 2.94. The highest BCUT2D eigenvalue weighted by molar-refractivity contribution is 6.30. The molecule has 2 N–H and O–H groups in total. The summed E-state index contributed by atoms with van der Waals surface area (Å²) in [6, 6.07) is 4.44. The normalized spacial score (nSPS) is 10.5. The zero-order valence-electron chi connectivity index (χ0n) is 6.64. The van der Waals surface area contributed by atoms with Crippen molar-refractivity contribution in [1.29, 1.82) is 0 Å². The zero-order chi connectivity index (χ0) is 9.84.